The van der Waals surface area contributed by atoms with Crippen LogP contribution in [-0.4, -0.2) is 57.5 Å². The molecule has 0 amide bonds. The zero-order valence-corrected chi connectivity index (χ0v) is 33.6. The smallest absolute Gasteiger partial charge is 0.854 e. The molecular weight excluding hydrogens is 683 g/mol. The van der Waals surface area contributed by atoms with Gasteiger partial charge in [-0.1, -0.05) is 138 Å². The Hall–Kier alpha value is 1.45. The van der Waals surface area contributed by atoms with Crippen molar-refractivity contribution in [1.82, 2.24) is 0 Å². The van der Waals surface area contributed by atoms with Crippen LogP contribution in [0.2, 0.25) is 0 Å². The summed E-state index contributed by atoms with van der Waals surface area (Å²) in [4.78, 5) is 0. The predicted octanol–water partition coefficient (Wildman–Crippen LogP) is 1.41. The van der Waals surface area contributed by atoms with Gasteiger partial charge in [0.15, 0.2) is 0 Å². The van der Waals surface area contributed by atoms with Crippen molar-refractivity contribution < 1.29 is 93.3 Å². The SMILES string of the molecule is CC(C)O.CCCC[O-].CCCC[O-].CCCC[O-].CCCC[O-].CCCC[O-].CCCC[O-].CCCC[O-].[Zr+3].[Zr+4]. The summed E-state index contributed by atoms with van der Waals surface area (Å²) in [5.41, 5.74) is 0. The first-order chi connectivity index (χ1) is 18.6. The molecule has 0 aromatic heterocycles. The molecule has 251 valence electrons. The fraction of sp³-hybridized carbons (Fsp3) is 1.00. The van der Waals surface area contributed by atoms with E-state index in [9.17, 15) is 35.7 Å². The van der Waals surface area contributed by atoms with Crippen LogP contribution in [0.5, 0.6) is 0 Å². The van der Waals surface area contributed by atoms with Crippen LogP contribution in [0.4, 0.5) is 0 Å². The maximum absolute atomic E-state index is 9.53. The molecule has 0 unspecified atom stereocenters. The van der Waals surface area contributed by atoms with Gasteiger partial charge in [-0.2, -0.15) is 0 Å². The molecule has 0 spiro atoms. The van der Waals surface area contributed by atoms with Crippen molar-refractivity contribution in [3.8, 4) is 0 Å². The minimum Gasteiger partial charge on any atom is -0.854 e. The molecule has 0 aromatic rings. The third-order valence-corrected chi connectivity index (χ3v) is 3.49. The third kappa shape index (κ3) is 270. The Morgan fingerprint density at radius 3 is 0.439 bits per heavy atom. The van der Waals surface area contributed by atoms with E-state index in [1.54, 1.807) is 13.8 Å². The fourth-order valence-electron chi connectivity index (χ4n) is 1.01. The number of aliphatic hydroxyl groups is 1. The second-order valence-electron chi connectivity index (χ2n) is 8.50. The summed E-state index contributed by atoms with van der Waals surface area (Å²) >= 11 is 0. The Kier molecular flexibility index (Phi) is 177. The van der Waals surface area contributed by atoms with Crippen LogP contribution in [0.25, 0.3) is 0 Å². The first kappa shape index (κ1) is 69.3. The molecule has 0 fully saturated rings. The maximum Gasteiger partial charge on any atom is 4.00 e. The van der Waals surface area contributed by atoms with Gasteiger partial charge < -0.3 is 40.9 Å². The van der Waals surface area contributed by atoms with Crippen LogP contribution >= 0.6 is 0 Å². The van der Waals surface area contributed by atoms with Gasteiger partial charge in [-0.3, -0.25) is 0 Å². The zero-order valence-electron chi connectivity index (χ0n) is 28.7. The van der Waals surface area contributed by atoms with Crippen molar-refractivity contribution in [1.29, 1.82) is 0 Å². The average molecular weight is 754 g/mol. The van der Waals surface area contributed by atoms with E-state index in [1.165, 1.54) is 0 Å². The molecule has 0 aliphatic carbocycles. The molecule has 0 aliphatic rings. The van der Waals surface area contributed by atoms with Gasteiger partial charge in [0, 0.05) is 6.10 Å². The Balaban J connectivity index is -0.0000000333. The Morgan fingerprint density at radius 2 is 0.439 bits per heavy atom. The van der Waals surface area contributed by atoms with Gasteiger partial charge in [0.05, 0.1) is 0 Å². The van der Waals surface area contributed by atoms with Gasteiger partial charge >= 0.3 is 52.4 Å². The van der Waals surface area contributed by atoms with Crippen molar-refractivity contribution in [3.63, 3.8) is 0 Å². The molecule has 0 rings (SSSR count). The van der Waals surface area contributed by atoms with Gasteiger partial charge in [-0.05, 0) is 13.8 Å². The minimum absolute atomic E-state index is 0. The second kappa shape index (κ2) is 105. The predicted molar refractivity (Wildman–Crippen MR) is 156 cm³/mol. The number of unbranched alkanes of at least 4 members (excludes halogenated alkanes) is 7. The standard InChI is InChI=1S/7C4H9O.C3H8O.2Zr/c7*1-2-3-4-5;1-3(2)4;;/h7*2-4H2,1H3;3-4H,1-2H3;;/q7*-1;;+3;+4. The molecule has 0 heterocycles. The van der Waals surface area contributed by atoms with Crippen LogP contribution in [0.1, 0.15) is 152 Å². The van der Waals surface area contributed by atoms with E-state index < -0.39 is 0 Å². The van der Waals surface area contributed by atoms with Crippen molar-refractivity contribution in [3.05, 3.63) is 0 Å². The molecule has 0 aromatic carbocycles. The summed E-state index contributed by atoms with van der Waals surface area (Å²) in [6.07, 6.45) is 12.9. The van der Waals surface area contributed by atoms with Crippen LogP contribution in [0, 0.1) is 0 Å². The minimum atomic E-state index is -0.167. The summed E-state index contributed by atoms with van der Waals surface area (Å²) in [5, 5.41) is 74.8. The molecule has 0 bridgehead atoms. The fourth-order valence-corrected chi connectivity index (χ4v) is 1.01. The number of rotatable bonds is 14. The van der Waals surface area contributed by atoms with E-state index in [-0.39, 0.29) is 105 Å². The van der Waals surface area contributed by atoms with Crippen LogP contribution in [0.15, 0.2) is 0 Å². The first-order valence-electron chi connectivity index (χ1n) is 15.4. The van der Waals surface area contributed by atoms with Crippen LogP contribution in [0.3, 0.4) is 0 Å². The first-order valence-corrected chi connectivity index (χ1v) is 15.4. The van der Waals surface area contributed by atoms with Crippen molar-refractivity contribution in [2.24, 2.45) is 0 Å². The summed E-state index contributed by atoms with van der Waals surface area (Å²) in [7, 11) is 0. The largest absolute Gasteiger partial charge is 4.00 e. The third-order valence-electron chi connectivity index (χ3n) is 3.49. The molecule has 0 saturated carbocycles. The van der Waals surface area contributed by atoms with E-state index in [4.69, 9.17) is 5.11 Å². The molecule has 1 radical (unpaired) electrons. The monoisotopic (exact) mass is 751 g/mol. The van der Waals surface area contributed by atoms with Gasteiger partial charge in [-0.15, -0.1) is 46.2 Å². The summed E-state index contributed by atoms with van der Waals surface area (Å²) < 4.78 is 0. The molecule has 8 nitrogen and oxygen atoms in total. The molecular formula is C31H71O8Zr2. The number of hydrogen-bond acceptors (Lipinski definition) is 8. The van der Waals surface area contributed by atoms with Crippen molar-refractivity contribution >= 4 is 0 Å². The molecule has 41 heavy (non-hydrogen) atoms. The van der Waals surface area contributed by atoms with E-state index in [0.717, 1.165) is 89.9 Å². The van der Waals surface area contributed by atoms with E-state index in [1.807, 2.05) is 48.5 Å². The van der Waals surface area contributed by atoms with Crippen molar-refractivity contribution in [2.75, 3.05) is 46.2 Å². The Labute approximate surface area is 296 Å². The molecule has 0 atom stereocenters. The van der Waals surface area contributed by atoms with Crippen LogP contribution < -0.4 is 35.7 Å². The Bertz CT molecular complexity index is 182. The average Bonchev–Trinajstić information content (AvgIpc) is 2.89. The van der Waals surface area contributed by atoms with Crippen LogP contribution in [-0.2, 0) is 52.4 Å². The van der Waals surface area contributed by atoms with Gasteiger partial charge in [0.1, 0.15) is 0 Å². The van der Waals surface area contributed by atoms with E-state index in [0.29, 0.717) is 0 Å². The van der Waals surface area contributed by atoms with Gasteiger partial charge in [-0.25, -0.2) is 0 Å². The number of aliphatic hydroxyl groups excluding tert-OH is 1. The normalized spacial score (nSPS) is 8.05. The molecule has 0 aliphatic heterocycles. The van der Waals surface area contributed by atoms with Gasteiger partial charge in [0.2, 0.25) is 0 Å². The summed E-state index contributed by atoms with van der Waals surface area (Å²) in [5.74, 6) is 0. The Morgan fingerprint density at radius 1 is 0.366 bits per heavy atom. The summed E-state index contributed by atoms with van der Waals surface area (Å²) in [6.45, 7) is 18.2. The van der Waals surface area contributed by atoms with Gasteiger partial charge in [0.25, 0.3) is 0 Å². The number of hydrogen-bond donors (Lipinski definition) is 1. The quantitative estimate of drug-likeness (QED) is 0.276. The molecule has 1 N–H and O–H groups in total. The maximum atomic E-state index is 9.53. The van der Waals surface area contributed by atoms with E-state index in [2.05, 4.69) is 0 Å². The second-order valence-corrected chi connectivity index (χ2v) is 8.50. The van der Waals surface area contributed by atoms with E-state index >= 15 is 0 Å². The molecule has 0 saturated heterocycles. The van der Waals surface area contributed by atoms with Crippen molar-refractivity contribution in [2.45, 2.75) is 158 Å². The molecule has 10 heteroatoms. The summed E-state index contributed by atoms with van der Waals surface area (Å²) in [6, 6.07) is 0. The zero-order chi connectivity index (χ0) is 32.4. The topological polar surface area (TPSA) is 182 Å².